The Morgan fingerprint density at radius 3 is 2.72 bits per heavy atom. The molecule has 1 aromatic carbocycles. The third-order valence-corrected chi connectivity index (χ3v) is 5.22. The van der Waals surface area contributed by atoms with Crippen molar-refractivity contribution in [3.05, 3.63) is 42.2 Å². The highest BCUT2D eigenvalue weighted by Crippen LogP contribution is 2.33. The molecule has 2 aromatic heterocycles. The van der Waals surface area contributed by atoms with Gasteiger partial charge in [0.15, 0.2) is 0 Å². The topological polar surface area (TPSA) is 62.3 Å². The summed E-state index contributed by atoms with van der Waals surface area (Å²) in [6.07, 6.45) is 2.66. The Kier molecular flexibility index (Phi) is 5.28. The van der Waals surface area contributed by atoms with Crippen LogP contribution >= 0.6 is 11.3 Å². The molecular formula is C19H21N3O2S. The van der Waals surface area contributed by atoms with Crippen LogP contribution in [0.5, 0.6) is 0 Å². The average Bonchev–Trinajstić information content (AvgIpc) is 2.98. The number of benzene rings is 1. The van der Waals surface area contributed by atoms with Crippen molar-refractivity contribution in [1.29, 1.82) is 0 Å². The number of rotatable bonds is 6. The van der Waals surface area contributed by atoms with Gasteiger partial charge in [-0.2, -0.15) is 0 Å². The molecule has 5 nitrogen and oxygen atoms in total. The zero-order valence-electron chi connectivity index (χ0n) is 14.4. The molecule has 0 atom stereocenters. The van der Waals surface area contributed by atoms with Gasteiger partial charge in [-0.1, -0.05) is 25.1 Å². The SMILES string of the molecule is CCCN(CCNC(=O)c1cc2c(cn1)sc1ccccc12)C(C)=O. The molecule has 0 radical (unpaired) electrons. The number of nitrogens with zero attached hydrogens (tertiary/aromatic N) is 2. The van der Waals surface area contributed by atoms with Gasteiger partial charge in [-0.3, -0.25) is 9.59 Å². The lowest BCUT2D eigenvalue weighted by Crippen LogP contribution is -2.38. The van der Waals surface area contributed by atoms with Crippen LogP contribution in [0.1, 0.15) is 30.8 Å². The summed E-state index contributed by atoms with van der Waals surface area (Å²) in [4.78, 5) is 29.9. The lowest BCUT2D eigenvalue weighted by molar-refractivity contribution is -0.128. The van der Waals surface area contributed by atoms with Crippen LogP contribution in [0.2, 0.25) is 0 Å². The van der Waals surface area contributed by atoms with E-state index in [1.807, 2.05) is 25.1 Å². The van der Waals surface area contributed by atoms with Crippen molar-refractivity contribution in [3.8, 4) is 0 Å². The number of fused-ring (bicyclic) bond motifs is 3. The molecule has 0 bridgehead atoms. The van der Waals surface area contributed by atoms with Gasteiger partial charge in [-0.05, 0) is 18.6 Å². The number of amides is 2. The first-order valence-electron chi connectivity index (χ1n) is 8.41. The van der Waals surface area contributed by atoms with Gasteiger partial charge in [0.1, 0.15) is 5.69 Å². The van der Waals surface area contributed by atoms with Crippen molar-refractivity contribution >= 4 is 43.3 Å². The fraction of sp³-hybridized carbons (Fsp3) is 0.316. The largest absolute Gasteiger partial charge is 0.349 e. The maximum absolute atomic E-state index is 12.4. The zero-order valence-corrected chi connectivity index (χ0v) is 15.2. The quantitative estimate of drug-likeness (QED) is 0.737. The first-order valence-corrected chi connectivity index (χ1v) is 9.22. The summed E-state index contributed by atoms with van der Waals surface area (Å²) >= 11 is 1.67. The second kappa shape index (κ2) is 7.61. The predicted molar refractivity (Wildman–Crippen MR) is 102 cm³/mol. The number of pyridine rings is 1. The van der Waals surface area contributed by atoms with Gasteiger partial charge in [-0.15, -0.1) is 11.3 Å². The van der Waals surface area contributed by atoms with Gasteiger partial charge < -0.3 is 10.2 Å². The van der Waals surface area contributed by atoms with Gasteiger partial charge >= 0.3 is 0 Å². The highest BCUT2D eigenvalue weighted by molar-refractivity contribution is 7.25. The molecule has 1 N–H and O–H groups in total. The van der Waals surface area contributed by atoms with Crippen molar-refractivity contribution in [1.82, 2.24) is 15.2 Å². The summed E-state index contributed by atoms with van der Waals surface area (Å²) < 4.78 is 2.26. The zero-order chi connectivity index (χ0) is 17.8. The summed E-state index contributed by atoms with van der Waals surface area (Å²) in [7, 11) is 0. The van der Waals surface area contributed by atoms with E-state index in [0.717, 1.165) is 21.9 Å². The van der Waals surface area contributed by atoms with E-state index in [1.54, 1.807) is 29.4 Å². The Labute approximate surface area is 150 Å². The van der Waals surface area contributed by atoms with Crippen LogP contribution in [0.4, 0.5) is 0 Å². The molecule has 0 aliphatic heterocycles. The Balaban J connectivity index is 1.72. The predicted octanol–water partition coefficient (Wildman–Crippen LogP) is 3.44. The Morgan fingerprint density at radius 1 is 1.16 bits per heavy atom. The van der Waals surface area contributed by atoms with E-state index in [-0.39, 0.29) is 11.8 Å². The van der Waals surface area contributed by atoms with E-state index in [9.17, 15) is 9.59 Å². The Morgan fingerprint density at radius 2 is 1.96 bits per heavy atom. The Bertz CT molecular complexity index is 919. The van der Waals surface area contributed by atoms with Crippen LogP contribution in [-0.4, -0.2) is 41.3 Å². The van der Waals surface area contributed by atoms with Crippen LogP contribution in [0.25, 0.3) is 20.2 Å². The fourth-order valence-corrected chi connectivity index (χ4v) is 3.90. The molecule has 0 unspecified atom stereocenters. The van der Waals surface area contributed by atoms with Gasteiger partial charge in [0.05, 0.1) is 4.70 Å². The highest BCUT2D eigenvalue weighted by atomic mass is 32.1. The van der Waals surface area contributed by atoms with E-state index in [4.69, 9.17) is 0 Å². The van der Waals surface area contributed by atoms with E-state index in [1.165, 1.54) is 4.70 Å². The monoisotopic (exact) mass is 355 g/mol. The van der Waals surface area contributed by atoms with Crippen LogP contribution in [0.3, 0.4) is 0 Å². The van der Waals surface area contributed by atoms with E-state index < -0.39 is 0 Å². The molecule has 0 aliphatic carbocycles. The standard InChI is InChI=1S/C19H21N3O2S/c1-3-9-22(13(2)23)10-8-20-19(24)16-11-15-14-6-4-5-7-17(14)25-18(15)12-21-16/h4-7,11-12H,3,8-10H2,1-2H3,(H,20,24). The summed E-state index contributed by atoms with van der Waals surface area (Å²) in [5, 5.41) is 5.05. The van der Waals surface area contributed by atoms with Gasteiger partial charge in [-0.25, -0.2) is 4.98 Å². The van der Waals surface area contributed by atoms with Gasteiger partial charge in [0.2, 0.25) is 5.91 Å². The van der Waals surface area contributed by atoms with E-state index in [0.29, 0.717) is 25.3 Å². The van der Waals surface area contributed by atoms with Crippen LogP contribution < -0.4 is 5.32 Å². The molecule has 3 aromatic rings. The molecule has 2 heterocycles. The molecule has 25 heavy (non-hydrogen) atoms. The van der Waals surface area contributed by atoms with Crippen LogP contribution in [0, 0.1) is 0 Å². The van der Waals surface area contributed by atoms with Crippen molar-refractivity contribution < 1.29 is 9.59 Å². The number of carbonyl (C=O) groups excluding carboxylic acids is 2. The molecule has 0 saturated carbocycles. The van der Waals surface area contributed by atoms with Gasteiger partial charge in [0, 0.05) is 48.2 Å². The third-order valence-electron chi connectivity index (χ3n) is 4.10. The minimum absolute atomic E-state index is 0.0281. The maximum Gasteiger partial charge on any atom is 0.269 e. The molecule has 3 rings (SSSR count). The van der Waals surface area contributed by atoms with E-state index in [2.05, 4.69) is 22.4 Å². The highest BCUT2D eigenvalue weighted by Gasteiger charge is 2.12. The summed E-state index contributed by atoms with van der Waals surface area (Å²) in [6.45, 7) is 5.21. The number of aromatic nitrogens is 1. The summed E-state index contributed by atoms with van der Waals surface area (Å²) in [5.41, 5.74) is 0.404. The second-order valence-corrected chi connectivity index (χ2v) is 7.01. The van der Waals surface area contributed by atoms with E-state index >= 15 is 0 Å². The molecule has 0 saturated heterocycles. The number of hydrogen-bond donors (Lipinski definition) is 1. The number of hydrogen-bond acceptors (Lipinski definition) is 4. The minimum Gasteiger partial charge on any atom is -0.349 e. The normalized spacial score (nSPS) is 11.0. The smallest absolute Gasteiger partial charge is 0.269 e. The van der Waals surface area contributed by atoms with Crippen molar-refractivity contribution in [2.24, 2.45) is 0 Å². The van der Waals surface area contributed by atoms with Crippen LogP contribution in [0.15, 0.2) is 36.5 Å². The first-order chi connectivity index (χ1) is 12.1. The van der Waals surface area contributed by atoms with Crippen molar-refractivity contribution in [2.75, 3.05) is 19.6 Å². The summed E-state index contributed by atoms with van der Waals surface area (Å²) in [6, 6.07) is 9.99. The number of carbonyl (C=O) groups is 2. The van der Waals surface area contributed by atoms with Crippen molar-refractivity contribution in [2.45, 2.75) is 20.3 Å². The minimum atomic E-state index is -0.211. The third kappa shape index (κ3) is 3.79. The first kappa shape index (κ1) is 17.4. The molecule has 130 valence electrons. The summed E-state index contributed by atoms with van der Waals surface area (Å²) in [5.74, 6) is -0.183. The van der Waals surface area contributed by atoms with Crippen LogP contribution in [-0.2, 0) is 4.79 Å². The molecule has 2 amide bonds. The fourth-order valence-electron chi connectivity index (χ4n) is 2.85. The van der Waals surface area contributed by atoms with Crippen molar-refractivity contribution in [3.63, 3.8) is 0 Å². The molecule has 6 heteroatoms. The molecule has 0 aliphatic rings. The average molecular weight is 355 g/mol. The Hall–Kier alpha value is -2.47. The lowest BCUT2D eigenvalue weighted by Gasteiger charge is -2.20. The number of thiophene rings is 1. The maximum atomic E-state index is 12.4. The number of nitrogens with one attached hydrogen (secondary N) is 1. The lowest BCUT2D eigenvalue weighted by atomic mass is 10.1. The molecule has 0 fully saturated rings. The second-order valence-electron chi connectivity index (χ2n) is 5.93. The molecule has 0 spiro atoms. The van der Waals surface area contributed by atoms with Gasteiger partial charge in [0.25, 0.3) is 5.91 Å². The molecular weight excluding hydrogens is 334 g/mol.